The number of hydrogen-bond donors (Lipinski definition) is 1. The van der Waals surface area contributed by atoms with Crippen LogP contribution in [0.4, 0.5) is 5.82 Å². The molecule has 2 saturated heterocycles. The molecule has 3 heterocycles. The number of nitrogens with zero attached hydrogens (tertiary/aromatic N) is 3. The van der Waals surface area contributed by atoms with Crippen LogP contribution in [0.25, 0.3) is 0 Å². The highest BCUT2D eigenvalue weighted by molar-refractivity contribution is 7.90. The molecule has 1 aliphatic carbocycles. The summed E-state index contributed by atoms with van der Waals surface area (Å²) in [6, 6.07) is 3.95. The molecule has 0 radical (unpaired) electrons. The van der Waals surface area contributed by atoms with E-state index in [1.807, 2.05) is 19.1 Å². The summed E-state index contributed by atoms with van der Waals surface area (Å²) in [7, 11) is -3.08. The van der Waals surface area contributed by atoms with E-state index in [0.717, 1.165) is 56.9 Å². The minimum Gasteiger partial charge on any atom is -0.371 e. The van der Waals surface area contributed by atoms with Crippen molar-refractivity contribution in [3.05, 3.63) is 17.8 Å². The van der Waals surface area contributed by atoms with Crippen molar-refractivity contribution in [1.82, 2.24) is 14.9 Å². The Morgan fingerprint density at radius 2 is 2.08 bits per heavy atom. The van der Waals surface area contributed by atoms with Crippen molar-refractivity contribution < 1.29 is 13.2 Å². The third-order valence-corrected chi connectivity index (χ3v) is 7.34. The van der Waals surface area contributed by atoms with Crippen molar-refractivity contribution >= 4 is 15.8 Å². The topological polar surface area (TPSA) is 84.4 Å². The molecule has 3 aliphatic rings. The van der Waals surface area contributed by atoms with E-state index in [0.29, 0.717) is 12.5 Å². The largest absolute Gasteiger partial charge is 0.371 e. The second-order valence-electron chi connectivity index (χ2n) is 7.22. The molecule has 0 bridgehead atoms. The smallest absolute Gasteiger partial charge is 0.214 e. The zero-order valence-corrected chi connectivity index (χ0v) is 14.8. The molecule has 4 rings (SSSR count). The third-order valence-electron chi connectivity index (χ3n) is 5.38. The molecule has 0 aromatic carbocycles. The zero-order valence-electron chi connectivity index (χ0n) is 13.9. The van der Waals surface area contributed by atoms with Crippen LogP contribution in [0, 0.1) is 12.8 Å². The summed E-state index contributed by atoms with van der Waals surface area (Å²) in [6.45, 7) is 4.81. The highest BCUT2D eigenvalue weighted by atomic mass is 32.2. The molecule has 7 nitrogen and oxygen atoms in total. The van der Waals surface area contributed by atoms with Crippen molar-refractivity contribution in [2.24, 2.45) is 5.92 Å². The minimum atomic E-state index is -3.08. The number of hydrogen-bond acceptors (Lipinski definition) is 6. The van der Waals surface area contributed by atoms with Crippen LogP contribution < -0.4 is 9.62 Å². The highest BCUT2D eigenvalue weighted by Crippen LogP contribution is 2.42. The number of ether oxygens (including phenoxy) is 1. The lowest BCUT2D eigenvalue weighted by atomic mass is 9.79. The lowest BCUT2D eigenvalue weighted by Crippen LogP contribution is -2.65. The van der Waals surface area contributed by atoms with Crippen LogP contribution in [0.1, 0.15) is 31.4 Å². The van der Waals surface area contributed by atoms with Gasteiger partial charge in [-0.05, 0) is 50.7 Å². The summed E-state index contributed by atoms with van der Waals surface area (Å²) in [5, 5.41) is 8.19. The number of aryl methyl sites for hydroxylation is 1. The van der Waals surface area contributed by atoms with Crippen molar-refractivity contribution in [2.75, 3.05) is 31.1 Å². The van der Waals surface area contributed by atoms with Gasteiger partial charge >= 0.3 is 0 Å². The fourth-order valence-corrected chi connectivity index (χ4v) is 5.13. The number of anilines is 1. The van der Waals surface area contributed by atoms with E-state index in [9.17, 15) is 8.42 Å². The van der Waals surface area contributed by atoms with E-state index in [-0.39, 0.29) is 10.9 Å². The van der Waals surface area contributed by atoms with Gasteiger partial charge in [-0.1, -0.05) is 0 Å². The molecular formula is C16H24N4O3S. The van der Waals surface area contributed by atoms with Crippen molar-refractivity contribution in [2.45, 2.75) is 43.5 Å². The number of rotatable bonds is 6. The van der Waals surface area contributed by atoms with Gasteiger partial charge in [0.05, 0.1) is 24.0 Å². The van der Waals surface area contributed by atoms with Gasteiger partial charge in [-0.25, -0.2) is 13.1 Å². The summed E-state index contributed by atoms with van der Waals surface area (Å²) in [5.74, 6) is 1.28. The van der Waals surface area contributed by atoms with Crippen LogP contribution in [0.5, 0.6) is 0 Å². The van der Waals surface area contributed by atoms with Gasteiger partial charge in [0.2, 0.25) is 10.0 Å². The Labute approximate surface area is 142 Å². The first-order valence-electron chi connectivity index (χ1n) is 8.66. The van der Waals surface area contributed by atoms with Crippen LogP contribution in [0.3, 0.4) is 0 Å². The van der Waals surface area contributed by atoms with E-state index >= 15 is 0 Å². The molecule has 1 unspecified atom stereocenters. The van der Waals surface area contributed by atoms with Gasteiger partial charge in [0, 0.05) is 13.2 Å². The lowest BCUT2D eigenvalue weighted by Gasteiger charge is -2.50. The van der Waals surface area contributed by atoms with Crippen LogP contribution in [0.15, 0.2) is 12.1 Å². The van der Waals surface area contributed by atoms with Gasteiger partial charge in [0.15, 0.2) is 5.82 Å². The maximum absolute atomic E-state index is 11.9. The summed E-state index contributed by atoms with van der Waals surface area (Å²) < 4.78 is 32.6. The Hall–Kier alpha value is -1.25. The standard InChI is InChI=1S/C16H24N4O3S/c1-12-2-5-15(19-18-12)20-10-16(11-20)13(7-9-23-16)6-8-17-24(21,22)14-3-4-14/h2,5,13-14,17H,3-4,6-11H2,1H3. The summed E-state index contributed by atoms with van der Waals surface area (Å²) in [4.78, 5) is 2.18. The molecule has 2 aliphatic heterocycles. The fourth-order valence-electron chi connectivity index (χ4n) is 3.74. The molecule has 1 aromatic rings. The van der Waals surface area contributed by atoms with Gasteiger partial charge in [0.1, 0.15) is 5.60 Å². The van der Waals surface area contributed by atoms with Crippen LogP contribution in [-0.2, 0) is 14.8 Å². The maximum Gasteiger partial charge on any atom is 0.214 e. The second-order valence-corrected chi connectivity index (χ2v) is 9.26. The molecule has 1 spiro atoms. The molecule has 132 valence electrons. The average molecular weight is 352 g/mol. The van der Waals surface area contributed by atoms with Gasteiger partial charge < -0.3 is 9.64 Å². The average Bonchev–Trinajstić information content (AvgIpc) is 3.29. The lowest BCUT2D eigenvalue weighted by molar-refractivity contribution is -0.0454. The minimum absolute atomic E-state index is 0.141. The van der Waals surface area contributed by atoms with E-state index in [2.05, 4.69) is 19.8 Å². The van der Waals surface area contributed by atoms with Gasteiger partial charge in [-0.15, -0.1) is 5.10 Å². The maximum atomic E-state index is 11.9. The molecule has 1 aromatic heterocycles. The summed E-state index contributed by atoms with van der Waals surface area (Å²) in [6.07, 6.45) is 3.44. The Bertz CT molecular complexity index is 697. The Balaban J connectivity index is 1.31. The van der Waals surface area contributed by atoms with E-state index in [4.69, 9.17) is 4.74 Å². The second kappa shape index (κ2) is 5.93. The van der Waals surface area contributed by atoms with E-state index in [1.165, 1.54) is 0 Å². The first kappa shape index (κ1) is 16.2. The molecule has 1 atom stereocenters. The molecule has 24 heavy (non-hydrogen) atoms. The predicted octanol–water partition coefficient (Wildman–Crippen LogP) is 0.852. The third kappa shape index (κ3) is 3.02. The van der Waals surface area contributed by atoms with E-state index in [1.54, 1.807) is 0 Å². The van der Waals surface area contributed by atoms with Crippen LogP contribution in [0.2, 0.25) is 0 Å². The highest BCUT2D eigenvalue weighted by Gasteiger charge is 2.53. The van der Waals surface area contributed by atoms with Crippen molar-refractivity contribution in [1.29, 1.82) is 0 Å². The molecule has 1 saturated carbocycles. The van der Waals surface area contributed by atoms with Gasteiger partial charge in [0.25, 0.3) is 0 Å². The van der Waals surface area contributed by atoms with Gasteiger partial charge in [-0.3, -0.25) is 0 Å². The molecule has 3 fully saturated rings. The zero-order chi connectivity index (χ0) is 16.8. The SMILES string of the molecule is Cc1ccc(N2CC3(C2)OCCC3CCNS(=O)(=O)C2CC2)nn1. The number of sulfonamides is 1. The predicted molar refractivity (Wildman–Crippen MR) is 90.3 cm³/mol. The quantitative estimate of drug-likeness (QED) is 0.817. The monoisotopic (exact) mass is 352 g/mol. The molecule has 1 N–H and O–H groups in total. The van der Waals surface area contributed by atoms with Crippen LogP contribution in [-0.4, -0.2) is 55.7 Å². The summed E-state index contributed by atoms with van der Waals surface area (Å²) >= 11 is 0. The summed E-state index contributed by atoms with van der Waals surface area (Å²) in [5.41, 5.74) is 0.768. The normalized spacial score (nSPS) is 25.9. The Morgan fingerprint density at radius 1 is 1.29 bits per heavy atom. The van der Waals surface area contributed by atoms with Crippen molar-refractivity contribution in [3.8, 4) is 0 Å². The molecule has 8 heteroatoms. The van der Waals surface area contributed by atoms with Crippen LogP contribution >= 0.6 is 0 Å². The molecular weight excluding hydrogens is 328 g/mol. The first-order valence-corrected chi connectivity index (χ1v) is 10.2. The van der Waals surface area contributed by atoms with Gasteiger partial charge in [-0.2, -0.15) is 5.10 Å². The Kier molecular flexibility index (Phi) is 4.01. The van der Waals surface area contributed by atoms with E-state index < -0.39 is 10.0 Å². The molecule has 0 amide bonds. The number of nitrogens with one attached hydrogen (secondary N) is 1. The number of aromatic nitrogens is 2. The fraction of sp³-hybridized carbons (Fsp3) is 0.750. The first-order chi connectivity index (χ1) is 11.5. The van der Waals surface area contributed by atoms with Crippen molar-refractivity contribution in [3.63, 3.8) is 0 Å². The Morgan fingerprint density at radius 3 is 2.75 bits per heavy atom.